The molecule has 2 N–H and O–H groups in total. The Morgan fingerprint density at radius 2 is 2.00 bits per heavy atom. The zero-order valence-corrected chi connectivity index (χ0v) is 13.8. The summed E-state index contributed by atoms with van der Waals surface area (Å²) in [6.07, 6.45) is 5.50. The standard InChI is InChI=1S/C16H21N3OSi/c1-12-10-19-14(11-18-12)8-9-21(3)20-16-7-5-4-6-15(16)13(2)17/h4-11,13,21H,17H2,1-3H3/b9-8+. The molecule has 0 aliphatic heterocycles. The molecule has 1 heterocycles. The summed E-state index contributed by atoms with van der Waals surface area (Å²) >= 11 is 0. The van der Waals surface area contributed by atoms with E-state index < -0.39 is 9.04 Å². The van der Waals surface area contributed by atoms with Gasteiger partial charge in [-0.05, 0) is 32.5 Å². The average Bonchev–Trinajstić information content (AvgIpc) is 2.47. The Labute approximate surface area is 127 Å². The van der Waals surface area contributed by atoms with Crippen molar-refractivity contribution in [3.63, 3.8) is 0 Å². The van der Waals surface area contributed by atoms with E-state index in [-0.39, 0.29) is 6.04 Å². The van der Waals surface area contributed by atoms with E-state index in [9.17, 15) is 0 Å². The normalized spacial score (nSPS) is 14.1. The highest BCUT2D eigenvalue weighted by Crippen LogP contribution is 2.23. The van der Waals surface area contributed by atoms with Gasteiger partial charge in [-0.2, -0.15) is 0 Å². The summed E-state index contributed by atoms with van der Waals surface area (Å²) in [4.78, 5) is 8.52. The van der Waals surface area contributed by atoms with Crippen molar-refractivity contribution >= 4 is 15.1 Å². The fourth-order valence-electron chi connectivity index (χ4n) is 1.93. The molecule has 21 heavy (non-hydrogen) atoms. The van der Waals surface area contributed by atoms with Gasteiger partial charge in [0.1, 0.15) is 5.75 Å². The number of benzene rings is 1. The first kappa shape index (κ1) is 15.4. The van der Waals surface area contributed by atoms with Crippen molar-refractivity contribution in [1.29, 1.82) is 0 Å². The number of rotatable bonds is 5. The van der Waals surface area contributed by atoms with Crippen molar-refractivity contribution in [2.45, 2.75) is 26.4 Å². The van der Waals surface area contributed by atoms with Crippen molar-refractivity contribution in [2.24, 2.45) is 5.73 Å². The monoisotopic (exact) mass is 299 g/mol. The van der Waals surface area contributed by atoms with Crippen molar-refractivity contribution in [2.75, 3.05) is 0 Å². The third-order valence-corrected chi connectivity index (χ3v) is 4.42. The molecular weight excluding hydrogens is 278 g/mol. The molecule has 0 aliphatic rings. The average molecular weight is 299 g/mol. The Balaban J connectivity index is 2.05. The molecule has 0 saturated heterocycles. The molecule has 0 spiro atoms. The lowest BCUT2D eigenvalue weighted by molar-refractivity contribution is 0.567. The summed E-state index contributed by atoms with van der Waals surface area (Å²) in [6, 6.07) is 7.90. The molecule has 110 valence electrons. The van der Waals surface area contributed by atoms with Gasteiger partial charge in [-0.3, -0.25) is 9.97 Å². The summed E-state index contributed by atoms with van der Waals surface area (Å²) in [5, 5.41) is 0. The molecule has 2 rings (SSSR count). The molecule has 0 aliphatic carbocycles. The first-order chi connectivity index (χ1) is 10.1. The van der Waals surface area contributed by atoms with Gasteiger partial charge in [0, 0.05) is 17.8 Å². The van der Waals surface area contributed by atoms with E-state index in [4.69, 9.17) is 10.2 Å². The van der Waals surface area contributed by atoms with Gasteiger partial charge in [-0.15, -0.1) is 0 Å². The summed E-state index contributed by atoms with van der Waals surface area (Å²) in [6.45, 7) is 6.01. The molecule has 4 nitrogen and oxygen atoms in total. The molecule has 1 aromatic carbocycles. The van der Waals surface area contributed by atoms with Crippen LogP contribution >= 0.6 is 0 Å². The van der Waals surface area contributed by atoms with Crippen LogP contribution in [0.5, 0.6) is 5.75 Å². The van der Waals surface area contributed by atoms with Gasteiger partial charge in [0.25, 0.3) is 9.04 Å². The maximum atomic E-state index is 6.08. The zero-order chi connectivity index (χ0) is 15.2. The molecule has 0 saturated carbocycles. The number of para-hydroxylation sites is 1. The second-order valence-corrected chi connectivity index (χ2v) is 7.12. The van der Waals surface area contributed by atoms with Gasteiger partial charge < -0.3 is 10.2 Å². The van der Waals surface area contributed by atoms with Crippen LogP contribution in [0.25, 0.3) is 6.08 Å². The van der Waals surface area contributed by atoms with E-state index in [0.29, 0.717) is 0 Å². The van der Waals surface area contributed by atoms with Crippen LogP contribution in [-0.2, 0) is 0 Å². The van der Waals surface area contributed by atoms with Crippen LogP contribution in [0.2, 0.25) is 6.55 Å². The lowest BCUT2D eigenvalue weighted by atomic mass is 10.1. The second kappa shape index (κ2) is 7.15. The van der Waals surface area contributed by atoms with E-state index in [1.165, 1.54) is 0 Å². The highest BCUT2D eigenvalue weighted by atomic mass is 28.3. The predicted molar refractivity (Wildman–Crippen MR) is 88.5 cm³/mol. The van der Waals surface area contributed by atoms with Gasteiger partial charge in [-0.25, -0.2) is 0 Å². The summed E-state index contributed by atoms with van der Waals surface area (Å²) in [5.41, 5.74) is 10.9. The van der Waals surface area contributed by atoms with E-state index in [2.05, 4.69) is 22.2 Å². The molecule has 0 radical (unpaired) electrons. The Morgan fingerprint density at radius 1 is 1.24 bits per heavy atom. The van der Waals surface area contributed by atoms with Gasteiger partial charge in [0.2, 0.25) is 0 Å². The van der Waals surface area contributed by atoms with Crippen LogP contribution in [0, 0.1) is 6.92 Å². The van der Waals surface area contributed by atoms with Gasteiger partial charge in [0.05, 0.1) is 17.6 Å². The van der Waals surface area contributed by atoms with Crippen molar-refractivity contribution < 1.29 is 4.43 Å². The summed E-state index contributed by atoms with van der Waals surface area (Å²) < 4.78 is 6.08. The minimum atomic E-state index is -1.48. The van der Waals surface area contributed by atoms with Crippen LogP contribution in [-0.4, -0.2) is 19.0 Å². The quantitative estimate of drug-likeness (QED) is 0.862. The number of nitrogens with zero attached hydrogens (tertiary/aromatic N) is 2. The minimum absolute atomic E-state index is 0.0330. The first-order valence-corrected chi connectivity index (χ1v) is 9.33. The van der Waals surface area contributed by atoms with Gasteiger partial charge in [0.15, 0.2) is 0 Å². The molecule has 0 fully saturated rings. The molecule has 2 atom stereocenters. The molecule has 0 amide bonds. The molecule has 0 bridgehead atoms. The van der Waals surface area contributed by atoms with Crippen LogP contribution in [0.3, 0.4) is 0 Å². The largest absolute Gasteiger partial charge is 0.543 e. The number of aromatic nitrogens is 2. The number of hydrogen-bond donors (Lipinski definition) is 1. The second-order valence-electron chi connectivity index (χ2n) is 5.09. The highest BCUT2D eigenvalue weighted by Gasteiger charge is 2.09. The van der Waals surface area contributed by atoms with Gasteiger partial charge >= 0.3 is 0 Å². The predicted octanol–water partition coefficient (Wildman–Crippen LogP) is 2.79. The topological polar surface area (TPSA) is 61.0 Å². The van der Waals surface area contributed by atoms with E-state index in [1.807, 2.05) is 44.2 Å². The zero-order valence-electron chi connectivity index (χ0n) is 12.7. The van der Waals surface area contributed by atoms with Crippen molar-refractivity contribution in [1.82, 2.24) is 9.97 Å². The number of nitrogens with two attached hydrogens (primary N) is 1. The number of hydrogen-bond acceptors (Lipinski definition) is 4. The smallest absolute Gasteiger partial charge is 0.257 e. The molecule has 1 aromatic heterocycles. The van der Waals surface area contributed by atoms with Crippen LogP contribution < -0.4 is 10.2 Å². The molecule has 2 unspecified atom stereocenters. The molecular formula is C16H21N3OSi. The van der Waals surface area contributed by atoms with E-state index >= 15 is 0 Å². The lowest BCUT2D eigenvalue weighted by Gasteiger charge is -2.16. The molecule has 2 aromatic rings. The SMILES string of the molecule is Cc1cnc(/C=C/[SiH](C)Oc2ccccc2C(C)N)cn1. The maximum absolute atomic E-state index is 6.08. The lowest BCUT2D eigenvalue weighted by Crippen LogP contribution is -2.17. The third-order valence-electron chi connectivity index (χ3n) is 3.06. The van der Waals surface area contributed by atoms with Crippen LogP contribution in [0.15, 0.2) is 42.4 Å². The fourth-order valence-corrected chi connectivity index (χ4v) is 3.09. The minimum Gasteiger partial charge on any atom is -0.543 e. The molecule has 5 heteroatoms. The maximum Gasteiger partial charge on any atom is 0.257 e. The highest BCUT2D eigenvalue weighted by molar-refractivity contribution is 6.57. The fraction of sp³-hybridized carbons (Fsp3) is 0.250. The van der Waals surface area contributed by atoms with Crippen molar-refractivity contribution in [3.8, 4) is 5.75 Å². The Hall–Kier alpha value is -1.98. The van der Waals surface area contributed by atoms with Crippen LogP contribution in [0.4, 0.5) is 0 Å². The number of aryl methyl sites for hydroxylation is 1. The third kappa shape index (κ3) is 4.51. The Bertz CT molecular complexity index is 611. The van der Waals surface area contributed by atoms with Crippen LogP contribution in [0.1, 0.15) is 29.9 Å². The van der Waals surface area contributed by atoms with Crippen molar-refractivity contribution in [3.05, 3.63) is 59.3 Å². The Kier molecular flexibility index (Phi) is 5.24. The summed E-state index contributed by atoms with van der Waals surface area (Å²) in [5.74, 6) is 0.881. The Morgan fingerprint density at radius 3 is 2.67 bits per heavy atom. The first-order valence-electron chi connectivity index (χ1n) is 7.04. The summed E-state index contributed by atoms with van der Waals surface area (Å²) in [7, 11) is -1.48. The van der Waals surface area contributed by atoms with Gasteiger partial charge in [-0.1, -0.05) is 23.9 Å². The van der Waals surface area contributed by atoms with E-state index in [0.717, 1.165) is 22.7 Å². The van der Waals surface area contributed by atoms with E-state index in [1.54, 1.807) is 12.4 Å².